The Hall–Kier alpha value is -2.49. The lowest BCUT2D eigenvalue weighted by atomic mass is 10.0. The summed E-state index contributed by atoms with van der Waals surface area (Å²) in [5.41, 5.74) is -0.325. The second-order valence-corrected chi connectivity index (χ2v) is 6.22. The van der Waals surface area contributed by atoms with E-state index in [2.05, 4.69) is 10.2 Å². The van der Waals surface area contributed by atoms with Gasteiger partial charge in [-0.2, -0.15) is 0 Å². The second-order valence-electron chi connectivity index (χ2n) is 6.22. The standard InChI is InChI=1S/C19H26O9/c1-11(20)8-26-17(22)14-5-6-15(18(23)28-10-13(3)25-4)16(7-14)19(24)27-9-12(2)21/h5-7,11-13,20-21H,8-10H2,1-4H3/i20T,21T. The van der Waals surface area contributed by atoms with Crippen molar-refractivity contribution in [2.45, 2.75) is 39.1 Å². The normalized spacial score (nSPS) is 14.9. The molecule has 0 heterocycles. The van der Waals surface area contributed by atoms with Gasteiger partial charge in [-0.15, -0.1) is 0 Å². The van der Waals surface area contributed by atoms with Gasteiger partial charge >= 0.3 is 17.9 Å². The van der Waals surface area contributed by atoms with Gasteiger partial charge in [0, 0.05) is 7.11 Å². The summed E-state index contributed by atoms with van der Waals surface area (Å²) < 4.78 is 33.8. The van der Waals surface area contributed by atoms with Gasteiger partial charge < -0.3 is 29.2 Å². The Bertz CT molecular complexity index is 726. The maximum atomic E-state index is 12.5. The molecule has 2 N–H and O–H groups in total. The van der Waals surface area contributed by atoms with Crippen LogP contribution in [0.1, 0.15) is 51.8 Å². The van der Waals surface area contributed by atoms with Crippen molar-refractivity contribution in [2.24, 2.45) is 0 Å². The van der Waals surface area contributed by atoms with E-state index in [1.54, 1.807) is 13.8 Å². The van der Waals surface area contributed by atoms with E-state index in [0.29, 0.717) is 0 Å². The Morgan fingerprint density at radius 3 is 2.00 bits per heavy atom. The summed E-state index contributed by atoms with van der Waals surface area (Å²) in [7, 11) is 1.46. The van der Waals surface area contributed by atoms with Crippen molar-refractivity contribution in [1.82, 2.24) is 0 Å². The van der Waals surface area contributed by atoms with Gasteiger partial charge in [0.2, 0.25) is 2.86 Å². The first kappa shape index (κ1) is 20.2. The summed E-state index contributed by atoms with van der Waals surface area (Å²) in [6.07, 6.45) is -1.68. The quantitative estimate of drug-likeness (QED) is 0.388. The highest BCUT2D eigenvalue weighted by atomic mass is 16.6. The van der Waals surface area contributed by atoms with Gasteiger partial charge in [0.15, 0.2) is 0 Å². The third kappa shape index (κ3) is 7.63. The van der Waals surface area contributed by atoms with Crippen LogP contribution in [0.5, 0.6) is 0 Å². The van der Waals surface area contributed by atoms with E-state index in [-0.39, 0.29) is 42.6 Å². The Morgan fingerprint density at radius 1 is 0.893 bits per heavy atom. The van der Waals surface area contributed by atoms with Crippen molar-refractivity contribution in [3.8, 4) is 0 Å². The first-order chi connectivity index (χ1) is 14.2. The molecule has 0 spiro atoms. The molecular weight excluding hydrogens is 372 g/mol. The molecule has 0 aromatic heterocycles. The minimum atomic E-state index is -0.900. The zero-order valence-electron chi connectivity index (χ0n) is 18.3. The number of aliphatic hydroxyl groups excluding tert-OH is 2. The highest BCUT2D eigenvalue weighted by molar-refractivity contribution is 6.05. The maximum Gasteiger partial charge on any atom is 0.339 e. The van der Waals surface area contributed by atoms with E-state index < -0.39 is 30.1 Å². The Morgan fingerprint density at radius 2 is 1.43 bits per heavy atom. The van der Waals surface area contributed by atoms with Crippen LogP contribution in [-0.4, -0.2) is 76.2 Å². The summed E-state index contributed by atoms with van der Waals surface area (Å²) in [6, 6.07) is 3.71. The second kappa shape index (κ2) is 11.4. The fourth-order valence-corrected chi connectivity index (χ4v) is 1.90. The molecule has 0 amide bonds. The van der Waals surface area contributed by atoms with Crippen LogP contribution in [0.2, 0.25) is 0 Å². The summed E-state index contributed by atoms with van der Waals surface area (Å²) >= 11 is 0. The number of benzene rings is 1. The lowest BCUT2D eigenvalue weighted by molar-refractivity contribution is 0.0159. The fourth-order valence-electron chi connectivity index (χ4n) is 1.90. The molecule has 1 aromatic carbocycles. The van der Waals surface area contributed by atoms with E-state index in [9.17, 15) is 14.4 Å². The molecule has 0 aliphatic carbocycles. The molecule has 1 aromatic rings. The number of hydrogen-bond acceptors (Lipinski definition) is 9. The number of ether oxygens (including phenoxy) is 4. The van der Waals surface area contributed by atoms with E-state index in [0.717, 1.165) is 6.07 Å². The molecule has 28 heavy (non-hydrogen) atoms. The van der Waals surface area contributed by atoms with Crippen molar-refractivity contribution in [3.05, 3.63) is 34.9 Å². The van der Waals surface area contributed by atoms with Gasteiger partial charge in [-0.3, -0.25) is 0 Å². The van der Waals surface area contributed by atoms with Crippen LogP contribution in [0.4, 0.5) is 0 Å². The predicted octanol–water partition coefficient (Wildman–Crippen LogP) is 0.953. The van der Waals surface area contributed by atoms with Gasteiger partial charge in [0.25, 0.3) is 0 Å². The summed E-state index contributed by atoms with van der Waals surface area (Å²) in [6.45, 7) is 4.32. The minimum Gasteiger partial charge on any atom is -0.459 e. The fraction of sp³-hybridized carbons (Fsp3) is 0.526. The number of hydrogen-bond donors (Lipinski definition) is 2. The van der Waals surface area contributed by atoms with Gasteiger partial charge in [-0.05, 0) is 39.0 Å². The number of aliphatic hydroxyl groups is 2. The molecule has 9 heteroatoms. The highest BCUT2D eigenvalue weighted by Gasteiger charge is 2.23. The Kier molecular flexibility index (Phi) is 8.23. The molecule has 9 nitrogen and oxygen atoms in total. The third-order valence-corrected chi connectivity index (χ3v) is 3.44. The monoisotopic (exact) mass is 402 g/mol. The van der Waals surface area contributed by atoms with Crippen molar-refractivity contribution in [3.63, 3.8) is 0 Å². The molecule has 3 unspecified atom stereocenters. The zero-order chi connectivity index (χ0) is 22.7. The minimum absolute atomic E-state index is 0.00858. The summed E-state index contributed by atoms with van der Waals surface area (Å²) in [5, 5.41) is 8.55. The number of rotatable bonds is 12. The van der Waals surface area contributed by atoms with Crippen molar-refractivity contribution < 1.29 is 43.5 Å². The summed E-state index contributed by atoms with van der Waals surface area (Å²) in [5.74, 6) is -2.47. The average molecular weight is 402 g/mol. The molecule has 0 bridgehead atoms. The SMILES string of the molecule is [3H]OC(C)COC(=O)c1ccc(C(=O)OCC(C)OC)c(C(=O)OCC(C)O[3H])c1. The zero-order valence-corrected chi connectivity index (χ0v) is 16.3. The molecule has 0 aliphatic rings. The van der Waals surface area contributed by atoms with E-state index >= 15 is 0 Å². The summed E-state index contributed by atoms with van der Waals surface area (Å²) in [4.78, 5) is 37.1. The van der Waals surface area contributed by atoms with Crippen LogP contribution in [0.15, 0.2) is 18.2 Å². The lowest BCUT2D eigenvalue weighted by Gasteiger charge is -2.14. The molecule has 0 saturated heterocycles. The van der Waals surface area contributed by atoms with Crippen molar-refractivity contribution >= 4 is 17.9 Å². The lowest BCUT2D eigenvalue weighted by Crippen LogP contribution is -2.22. The van der Waals surface area contributed by atoms with Crippen molar-refractivity contribution in [1.29, 1.82) is 2.86 Å². The van der Waals surface area contributed by atoms with Gasteiger partial charge in [0.05, 0.1) is 35.0 Å². The molecule has 0 saturated carbocycles. The Labute approximate surface area is 166 Å². The largest absolute Gasteiger partial charge is 0.459 e. The van der Waals surface area contributed by atoms with E-state index in [1.165, 1.54) is 26.2 Å². The smallest absolute Gasteiger partial charge is 0.339 e. The molecule has 0 fully saturated rings. The number of methoxy groups -OCH3 is 1. The van der Waals surface area contributed by atoms with Crippen LogP contribution in [-0.2, 0) is 18.9 Å². The maximum absolute atomic E-state index is 12.5. The number of esters is 3. The van der Waals surface area contributed by atoms with Crippen LogP contribution in [0, 0.1) is 0 Å². The molecular formula is C19H26O9. The number of carbonyl (C=O) groups excluding carboxylic acids is 3. The third-order valence-electron chi connectivity index (χ3n) is 3.44. The average Bonchev–Trinajstić information content (AvgIpc) is 2.77. The van der Waals surface area contributed by atoms with Gasteiger partial charge in [-0.25, -0.2) is 14.4 Å². The van der Waals surface area contributed by atoms with E-state index in [1.807, 2.05) is 0 Å². The van der Waals surface area contributed by atoms with Gasteiger partial charge in [0.1, 0.15) is 19.8 Å². The van der Waals surface area contributed by atoms with Crippen LogP contribution >= 0.6 is 0 Å². The molecule has 1 rings (SSSR count). The molecule has 3 atom stereocenters. The van der Waals surface area contributed by atoms with Crippen LogP contribution in [0.3, 0.4) is 0 Å². The van der Waals surface area contributed by atoms with Crippen molar-refractivity contribution in [2.75, 3.05) is 26.9 Å². The first-order valence-corrected chi connectivity index (χ1v) is 8.65. The molecule has 156 valence electrons. The number of carbonyl (C=O) groups is 3. The van der Waals surface area contributed by atoms with Gasteiger partial charge in [-0.1, -0.05) is 0 Å². The highest BCUT2D eigenvalue weighted by Crippen LogP contribution is 2.17. The molecule has 0 aliphatic heterocycles. The molecule has 0 radical (unpaired) electrons. The predicted molar refractivity (Wildman–Crippen MR) is 97.1 cm³/mol. The van der Waals surface area contributed by atoms with E-state index in [4.69, 9.17) is 21.8 Å². The Balaban J connectivity index is 3.09. The first-order valence-electron chi connectivity index (χ1n) is 9.47. The topological polar surface area (TPSA) is 129 Å². The van der Waals surface area contributed by atoms with Crippen LogP contribution < -0.4 is 0 Å². The van der Waals surface area contributed by atoms with Crippen LogP contribution in [0.25, 0.3) is 0 Å².